The van der Waals surface area contributed by atoms with Crippen LogP contribution in [0.4, 0.5) is 4.79 Å². The van der Waals surface area contributed by atoms with Gasteiger partial charge in [-0.2, -0.15) is 0 Å². The van der Waals surface area contributed by atoms with Crippen LogP contribution in [0.1, 0.15) is 56.1 Å². The van der Waals surface area contributed by atoms with Gasteiger partial charge in [0.25, 0.3) is 5.56 Å². The minimum absolute atomic E-state index is 0.130. The molecule has 0 saturated heterocycles. The van der Waals surface area contributed by atoms with Crippen LogP contribution in [0.5, 0.6) is 0 Å². The molecule has 1 unspecified atom stereocenters. The molecule has 2 amide bonds. The largest absolute Gasteiger partial charge is 0.334 e. The zero-order valence-electron chi connectivity index (χ0n) is 21.3. The number of carbonyl (C=O) groups excluding carboxylic acids is 1. The highest BCUT2D eigenvalue weighted by Gasteiger charge is 2.27. The Morgan fingerprint density at radius 2 is 1.67 bits per heavy atom. The van der Waals surface area contributed by atoms with Crippen molar-refractivity contribution in [2.45, 2.75) is 52.6 Å². The number of hydrogen-bond acceptors (Lipinski definition) is 3. The molecule has 36 heavy (non-hydrogen) atoms. The molecule has 1 heterocycles. The Kier molecular flexibility index (Phi) is 8.16. The molecule has 0 aliphatic carbocycles. The maximum atomic E-state index is 13.8. The number of benzene rings is 3. The van der Waals surface area contributed by atoms with E-state index in [2.05, 4.69) is 12.2 Å². The SMILES string of the molecule is CCCCCN(C(=O)NCc1ccccc1)C(C)c1nc2ccccc2c(=O)n1-c1ccccc1C. The number of hydrogen-bond donors (Lipinski definition) is 1. The highest BCUT2D eigenvalue weighted by Crippen LogP contribution is 2.25. The molecule has 0 spiro atoms. The number of aryl methyl sites for hydroxylation is 1. The van der Waals surface area contributed by atoms with Crippen molar-refractivity contribution in [2.75, 3.05) is 6.54 Å². The smallest absolute Gasteiger partial charge is 0.318 e. The Hall–Kier alpha value is -3.93. The Morgan fingerprint density at radius 3 is 2.42 bits per heavy atom. The Labute approximate surface area is 212 Å². The van der Waals surface area contributed by atoms with E-state index in [0.717, 1.165) is 36.1 Å². The Bertz CT molecular complexity index is 1380. The lowest BCUT2D eigenvalue weighted by Crippen LogP contribution is -2.43. The Morgan fingerprint density at radius 1 is 0.972 bits per heavy atom. The lowest BCUT2D eigenvalue weighted by molar-refractivity contribution is 0.173. The average Bonchev–Trinajstić information content (AvgIpc) is 2.90. The summed E-state index contributed by atoms with van der Waals surface area (Å²) in [6.45, 7) is 7.10. The van der Waals surface area contributed by atoms with E-state index in [9.17, 15) is 9.59 Å². The normalized spacial score (nSPS) is 11.9. The van der Waals surface area contributed by atoms with Crippen LogP contribution in [0.15, 0.2) is 83.7 Å². The predicted molar refractivity (Wildman–Crippen MR) is 145 cm³/mol. The highest BCUT2D eigenvalue weighted by atomic mass is 16.2. The second kappa shape index (κ2) is 11.7. The van der Waals surface area contributed by atoms with Gasteiger partial charge in [-0.05, 0) is 49.6 Å². The van der Waals surface area contributed by atoms with Crippen molar-refractivity contribution in [2.24, 2.45) is 0 Å². The van der Waals surface area contributed by atoms with Gasteiger partial charge in [0.2, 0.25) is 0 Å². The van der Waals surface area contributed by atoms with Crippen molar-refractivity contribution in [3.8, 4) is 5.69 Å². The van der Waals surface area contributed by atoms with Crippen LogP contribution in [-0.4, -0.2) is 27.0 Å². The molecular formula is C30H34N4O2. The fourth-order valence-corrected chi connectivity index (χ4v) is 4.49. The molecule has 0 bridgehead atoms. The minimum Gasteiger partial charge on any atom is -0.334 e. The van der Waals surface area contributed by atoms with Gasteiger partial charge in [-0.1, -0.05) is 80.4 Å². The summed E-state index contributed by atoms with van der Waals surface area (Å²) < 4.78 is 1.68. The molecule has 6 nitrogen and oxygen atoms in total. The van der Waals surface area contributed by atoms with E-state index in [4.69, 9.17) is 4.98 Å². The fraction of sp³-hybridized carbons (Fsp3) is 0.300. The summed E-state index contributed by atoms with van der Waals surface area (Å²) >= 11 is 0. The van der Waals surface area contributed by atoms with E-state index < -0.39 is 6.04 Å². The molecule has 1 N–H and O–H groups in total. The van der Waals surface area contributed by atoms with E-state index in [0.29, 0.717) is 29.8 Å². The van der Waals surface area contributed by atoms with E-state index >= 15 is 0 Å². The molecule has 1 aromatic heterocycles. The third-order valence-electron chi connectivity index (χ3n) is 6.55. The third-order valence-corrected chi connectivity index (χ3v) is 6.55. The molecular weight excluding hydrogens is 448 g/mol. The van der Waals surface area contributed by atoms with E-state index in [1.165, 1.54) is 0 Å². The maximum absolute atomic E-state index is 13.8. The second-order valence-electron chi connectivity index (χ2n) is 9.13. The van der Waals surface area contributed by atoms with Gasteiger partial charge in [0.05, 0.1) is 22.6 Å². The first-order chi connectivity index (χ1) is 17.5. The summed E-state index contributed by atoms with van der Waals surface area (Å²) in [5, 5.41) is 3.63. The fourth-order valence-electron chi connectivity index (χ4n) is 4.49. The topological polar surface area (TPSA) is 67.2 Å². The number of rotatable bonds is 9. The number of nitrogens with one attached hydrogen (secondary N) is 1. The Balaban J connectivity index is 1.77. The van der Waals surface area contributed by atoms with Gasteiger partial charge in [-0.3, -0.25) is 9.36 Å². The van der Waals surface area contributed by atoms with Crippen LogP contribution in [0, 0.1) is 6.92 Å². The summed E-state index contributed by atoms with van der Waals surface area (Å²) in [6.07, 6.45) is 2.95. The lowest BCUT2D eigenvalue weighted by Gasteiger charge is -2.31. The van der Waals surface area contributed by atoms with Crippen LogP contribution < -0.4 is 10.9 Å². The first-order valence-corrected chi connectivity index (χ1v) is 12.7. The lowest BCUT2D eigenvalue weighted by atomic mass is 10.1. The predicted octanol–water partition coefficient (Wildman–Crippen LogP) is 6.16. The number of amides is 2. The number of unbranched alkanes of at least 4 members (excludes halogenated alkanes) is 2. The molecule has 0 saturated carbocycles. The van der Waals surface area contributed by atoms with E-state index in [-0.39, 0.29) is 11.6 Å². The molecule has 0 radical (unpaired) electrons. The molecule has 3 aromatic carbocycles. The van der Waals surface area contributed by atoms with Crippen LogP contribution >= 0.6 is 0 Å². The van der Waals surface area contributed by atoms with Crippen molar-refractivity contribution < 1.29 is 4.79 Å². The molecule has 0 fully saturated rings. The van der Waals surface area contributed by atoms with Crippen molar-refractivity contribution in [1.82, 2.24) is 19.8 Å². The van der Waals surface area contributed by atoms with Gasteiger partial charge in [0.1, 0.15) is 5.82 Å². The quantitative estimate of drug-likeness (QED) is 0.291. The molecule has 4 aromatic rings. The number of fused-ring (bicyclic) bond motifs is 1. The molecule has 0 aliphatic rings. The van der Waals surface area contributed by atoms with Crippen molar-refractivity contribution in [1.29, 1.82) is 0 Å². The average molecular weight is 483 g/mol. The summed E-state index contributed by atoms with van der Waals surface area (Å²) in [5.74, 6) is 0.555. The van der Waals surface area contributed by atoms with Crippen molar-refractivity contribution >= 4 is 16.9 Å². The number of para-hydroxylation sites is 2. The van der Waals surface area contributed by atoms with Gasteiger partial charge >= 0.3 is 6.03 Å². The van der Waals surface area contributed by atoms with Crippen molar-refractivity contribution in [3.63, 3.8) is 0 Å². The number of carbonyl (C=O) groups is 1. The summed E-state index contributed by atoms with van der Waals surface area (Å²) in [7, 11) is 0. The van der Waals surface area contributed by atoms with Gasteiger partial charge < -0.3 is 10.2 Å². The zero-order valence-corrected chi connectivity index (χ0v) is 21.3. The first-order valence-electron chi connectivity index (χ1n) is 12.7. The summed E-state index contributed by atoms with van der Waals surface area (Å²) in [6, 6.07) is 24.5. The third kappa shape index (κ3) is 5.48. The second-order valence-corrected chi connectivity index (χ2v) is 9.13. The number of urea groups is 1. The first kappa shape index (κ1) is 25.2. The van der Waals surface area contributed by atoms with Crippen LogP contribution in [0.2, 0.25) is 0 Å². The molecule has 186 valence electrons. The zero-order chi connectivity index (χ0) is 25.5. The van der Waals surface area contributed by atoms with Crippen LogP contribution in [0.25, 0.3) is 16.6 Å². The maximum Gasteiger partial charge on any atom is 0.318 e. The van der Waals surface area contributed by atoms with E-state index in [1.54, 1.807) is 10.6 Å². The number of nitrogens with zero attached hydrogens (tertiary/aromatic N) is 3. The monoisotopic (exact) mass is 482 g/mol. The number of aromatic nitrogens is 2. The van der Waals surface area contributed by atoms with Crippen molar-refractivity contribution in [3.05, 3.63) is 106 Å². The highest BCUT2D eigenvalue weighted by molar-refractivity contribution is 5.78. The molecule has 6 heteroatoms. The molecule has 4 rings (SSSR count). The van der Waals surface area contributed by atoms with Crippen LogP contribution in [0.3, 0.4) is 0 Å². The molecule has 0 aliphatic heterocycles. The van der Waals surface area contributed by atoms with Gasteiger partial charge in [0.15, 0.2) is 0 Å². The van der Waals surface area contributed by atoms with Gasteiger partial charge in [0, 0.05) is 13.1 Å². The minimum atomic E-state index is -0.422. The van der Waals surface area contributed by atoms with E-state index in [1.807, 2.05) is 91.5 Å². The molecule has 1 atom stereocenters. The summed E-state index contributed by atoms with van der Waals surface area (Å²) in [4.78, 5) is 34.0. The van der Waals surface area contributed by atoms with Gasteiger partial charge in [-0.15, -0.1) is 0 Å². The standard InChI is InChI=1S/C30H34N4O2/c1-4-5-13-20-33(30(36)31-21-24-15-7-6-8-16-24)23(3)28-32-26-18-11-10-17-25(26)29(35)34(28)27-19-12-9-14-22(27)2/h6-12,14-19,23H,4-5,13,20-21H2,1-3H3,(H,31,36). The van der Waals surface area contributed by atoms with Crippen LogP contribution in [-0.2, 0) is 6.54 Å². The summed E-state index contributed by atoms with van der Waals surface area (Å²) in [5.41, 5.74) is 3.28. The van der Waals surface area contributed by atoms with Gasteiger partial charge in [-0.25, -0.2) is 9.78 Å².